The van der Waals surface area contributed by atoms with E-state index in [-0.39, 0.29) is 12.5 Å². The molecule has 4 N–H and O–H groups in total. The highest BCUT2D eigenvalue weighted by atomic mass is 79.9. The average molecular weight is 327 g/mol. The van der Waals surface area contributed by atoms with Gasteiger partial charge in [0.15, 0.2) is 0 Å². The molecule has 19 heavy (non-hydrogen) atoms. The third-order valence-electron chi connectivity index (χ3n) is 3.75. The van der Waals surface area contributed by atoms with Gasteiger partial charge in [-0.15, -0.1) is 0 Å². The van der Waals surface area contributed by atoms with Crippen LogP contribution in [0.15, 0.2) is 22.7 Å². The normalized spacial score (nSPS) is 18.0. The number of benzene rings is 1. The number of nitrogens with one attached hydrogen (secondary N) is 1. The molecular formula is C14H19BrN2O2. The van der Waals surface area contributed by atoms with Gasteiger partial charge in [0, 0.05) is 15.7 Å². The molecule has 104 valence electrons. The van der Waals surface area contributed by atoms with Crippen LogP contribution in [0.4, 0.5) is 5.69 Å². The molecule has 0 unspecified atom stereocenters. The van der Waals surface area contributed by atoms with E-state index in [0.717, 1.165) is 30.2 Å². The van der Waals surface area contributed by atoms with Gasteiger partial charge in [-0.1, -0.05) is 19.3 Å². The molecule has 1 aliphatic rings. The number of aliphatic hydroxyl groups is 1. The van der Waals surface area contributed by atoms with Crippen molar-refractivity contribution >= 4 is 27.5 Å². The Balaban J connectivity index is 2.12. The van der Waals surface area contributed by atoms with E-state index in [9.17, 15) is 9.90 Å². The van der Waals surface area contributed by atoms with E-state index in [4.69, 9.17) is 5.73 Å². The quantitative estimate of drug-likeness (QED) is 0.747. The third-order valence-corrected chi connectivity index (χ3v) is 4.47. The standard InChI is InChI=1S/C14H19BrN2O2/c15-11-5-4-10(8-12(11)16)13(19)17-14(9-18)6-2-1-3-7-14/h4-5,8,18H,1-3,6-7,9,16H2,(H,17,19). The Labute approximate surface area is 121 Å². The highest BCUT2D eigenvalue weighted by Crippen LogP contribution is 2.28. The predicted molar refractivity (Wildman–Crippen MR) is 78.9 cm³/mol. The highest BCUT2D eigenvalue weighted by Gasteiger charge is 2.33. The van der Waals surface area contributed by atoms with Crippen LogP contribution in [0.3, 0.4) is 0 Å². The number of rotatable bonds is 3. The molecule has 0 radical (unpaired) electrons. The minimum Gasteiger partial charge on any atom is -0.398 e. The van der Waals surface area contributed by atoms with Crippen LogP contribution in [0.1, 0.15) is 42.5 Å². The van der Waals surface area contributed by atoms with Crippen molar-refractivity contribution in [1.82, 2.24) is 5.32 Å². The zero-order valence-electron chi connectivity index (χ0n) is 10.8. The zero-order chi connectivity index (χ0) is 13.9. The van der Waals surface area contributed by atoms with Crippen LogP contribution in [0.2, 0.25) is 0 Å². The van der Waals surface area contributed by atoms with Crippen molar-refractivity contribution in [2.24, 2.45) is 0 Å². The lowest BCUT2D eigenvalue weighted by Crippen LogP contribution is -2.52. The number of hydrogen-bond donors (Lipinski definition) is 3. The second kappa shape index (κ2) is 5.92. The number of halogens is 1. The number of nitrogens with two attached hydrogens (primary N) is 1. The van der Waals surface area contributed by atoms with Crippen LogP contribution in [0.5, 0.6) is 0 Å². The second-order valence-electron chi connectivity index (χ2n) is 5.19. The molecule has 0 atom stereocenters. The molecular weight excluding hydrogens is 308 g/mol. The fraction of sp³-hybridized carbons (Fsp3) is 0.500. The molecule has 2 rings (SSSR count). The van der Waals surface area contributed by atoms with E-state index < -0.39 is 5.54 Å². The Morgan fingerprint density at radius 3 is 2.63 bits per heavy atom. The van der Waals surface area contributed by atoms with Gasteiger partial charge in [0.25, 0.3) is 5.91 Å². The Morgan fingerprint density at radius 1 is 1.37 bits per heavy atom. The highest BCUT2D eigenvalue weighted by molar-refractivity contribution is 9.10. The van der Waals surface area contributed by atoms with E-state index >= 15 is 0 Å². The Morgan fingerprint density at radius 2 is 2.05 bits per heavy atom. The number of carbonyl (C=O) groups is 1. The zero-order valence-corrected chi connectivity index (χ0v) is 12.4. The number of nitrogen functional groups attached to an aromatic ring is 1. The summed E-state index contributed by atoms with van der Waals surface area (Å²) < 4.78 is 0.776. The largest absolute Gasteiger partial charge is 0.398 e. The van der Waals surface area contributed by atoms with Gasteiger partial charge in [-0.05, 0) is 47.0 Å². The number of amides is 1. The molecule has 1 aromatic carbocycles. The van der Waals surface area contributed by atoms with Crippen molar-refractivity contribution in [3.8, 4) is 0 Å². The maximum absolute atomic E-state index is 12.2. The molecule has 1 aliphatic carbocycles. The van der Waals surface area contributed by atoms with Crippen LogP contribution >= 0.6 is 15.9 Å². The molecule has 0 heterocycles. The molecule has 0 saturated heterocycles. The van der Waals surface area contributed by atoms with E-state index in [1.54, 1.807) is 18.2 Å². The number of aliphatic hydroxyl groups excluding tert-OH is 1. The Hall–Kier alpha value is -1.07. The summed E-state index contributed by atoms with van der Waals surface area (Å²) in [6, 6.07) is 5.13. The molecule has 0 bridgehead atoms. The number of carbonyl (C=O) groups excluding carboxylic acids is 1. The van der Waals surface area contributed by atoms with Gasteiger partial charge in [-0.2, -0.15) is 0 Å². The SMILES string of the molecule is Nc1cc(C(=O)NC2(CO)CCCCC2)ccc1Br. The summed E-state index contributed by atoms with van der Waals surface area (Å²) >= 11 is 3.30. The van der Waals surface area contributed by atoms with Gasteiger partial charge in [0.05, 0.1) is 12.1 Å². The lowest BCUT2D eigenvalue weighted by Gasteiger charge is -2.36. The van der Waals surface area contributed by atoms with Gasteiger partial charge < -0.3 is 16.2 Å². The van der Waals surface area contributed by atoms with Crippen LogP contribution in [0.25, 0.3) is 0 Å². The molecule has 5 heteroatoms. The summed E-state index contributed by atoms with van der Waals surface area (Å²) in [6.07, 6.45) is 4.93. The molecule has 1 amide bonds. The first kappa shape index (κ1) is 14.3. The van der Waals surface area contributed by atoms with Crippen LogP contribution < -0.4 is 11.1 Å². The summed E-state index contributed by atoms with van der Waals surface area (Å²) in [5, 5.41) is 12.6. The van der Waals surface area contributed by atoms with Gasteiger partial charge in [0.2, 0.25) is 0 Å². The number of anilines is 1. The molecule has 1 saturated carbocycles. The Bertz CT molecular complexity index is 471. The topological polar surface area (TPSA) is 75.4 Å². The van der Waals surface area contributed by atoms with Crippen molar-refractivity contribution in [2.75, 3.05) is 12.3 Å². The fourth-order valence-electron chi connectivity index (χ4n) is 2.55. The lowest BCUT2D eigenvalue weighted by molar-refractivity contribution is 0.0758. The molecule has 1 aromatic rings. The minimum absolute atomic E-state index is 0.00918. The maximum atomic E-state index is 12.2. The van der Waals surface area contributed by atoms with Crippen LogP contribution in [-0.4, -0.2) is 23.2 Å². The van der Waals surface area contributed by atoms with Crippen molar-refractivity contribution in [3.63, 3.8) is 0 Å². The smallest absolute Gasteiger partial charge is 0.251 e. The summed E-state index contributed by atoms with van der Waals surface area (Å²) in [5.74, 6) is -0.171. The van der Waals surface area contributed by atoms with Gasteiger partial charge >= 0.3 is 0 Å². The van der Waals surface area contributed by atoms with E-state index in [1.165, 1.54) is 6.42 Å². The first-order valence-corrected chi connectivity index (χ1v) is 7.34. The van der Waals surface area contributed by atoms with E-state index in [2.05, 4.69) is 21.2 Å². The molecule has 4 nitrogen and oxygen atoms in total. The molecule has 0 spiro atoms. The third kappa shape index (κ3) is 3.28. The maximum Gasteiger partial charge on any atom is 0.251 e. The molecule has 0 aromatic heterocycles. The van der Waals surface area contributed by atoms with E-state index in [1.807, 2.05) is 0 Å². The first-order valence-electron chi connectivity index (χ1n) is 6.55. The first-order chi connectivity index (χ1) is 9.06. The Kier molecular flexibility index (Phi) is 4.47. The van der Waals surface area contributed by atoms with Crippen molar-refractivity contribution < 1.29 is 9.90 Å². The monoisotopic (exact) mass is 326 g/mol. The lowest BCUT2D eigenvalue weighted by atomic mass is 9.82. The summed E-state index contributed by atoms with van der Waals surface area (Å²) in [7, 11) is 0. The fourth-order valence-corrected chi connectivity index (χ4v) is 2.80. The average Bonchev–Trinajstić information content (AvgIpc) is 2.43. The van der Waals surface area contributed by atoms with Crippen molar-refractivity contribution in [1.29, 1.82) is 0 Å². The van der Waals surface area contributed by atoms with Crippen molar-refractivity contribution in [3.05, 3.63) is 28.2 Å². The van der Waals surface area contributed by atoms with Gasteiger partial charge in [-0.25, -0.2) is 0 Å². The van der Waals surface area contributed by atoms with Crippen LogP contribution in [-0.2, 0) is 0 Å². The minimum atomic E-state index is -0.461. The summed E-state index contributed by atoms with van der Waals surface area (Å²) in [4.78, 5) is 12.2. The van der Waals surface area contributed by atoms with Crippen molar-refractivity contribution in [2.45, 2.75) is 37.6 Å². The number of hydrogen-bond acceptors (Lipinski definition) is 3. The molecule has 0 aliphatic heterocycles. The van der Waals surface area contributed by atoms with Gasteiger partial charge in [0.1, 0.15) is 0 Å². The second-order valence-corrected chi connectivity index (χ2v) is 6.04. The van der Waals surface area contributed by atoms with Crippen LogP contribution in [0, 0.1) is 0 Å². The molecule has 1 fully saturated rings. The van der Waals surface area contributed by atoms with Gasteiger partial charge in [-0.3, -0.25) is 4.79 Å². The summed E-state index contributed by atoms with van der Waals surface area (Å²) in [6.45, 7) is -0.00918. The summed E-state index contributed by atoms with van der Waals surface area (Å²) in [5.41, 5.74) is 6.38. The van der Waals surface area contributed by atoms with E-state index in [0.29, 0.717) is 11.3 Å². The predicted octanol–water partition coefficient (Wildman–Crippen LogP) is 2.46.